The third-order valence-corrected chi connectivity index (χ3v) is 14.1. The molecule has 5 rings (SSSR count). The summed E-state index contributed by atoms with van der Waals surface area (Å²) >= 11 is 1.43. The van der Waals surface area contributed by atoms with Crippen molar-refractivity contribution in [3.05, 3.63) is 57.6 Å². The molecule has 0 saturated carbocycles. The molecule has 4 heterocycles. The quantitative estimate of drug-likeness (QED) is 0.160. The van der Waals surface area contributed by atoms with E-state index in [1.165, 1.54) is 23.5 Å². The molecule has 4 aromatic rings. The molecule has 45 heavy (non-hydrogen) atoms. The fourth-order valence-electron chi connectivity index (χ4n) is 5.17. The van der Waals surface area contributed by atoms with E-state index in [0.29, 0.717) is 53.3 Å². The highest BCUT2D eigenvalue weighted by molar-refractivity contribution is 7.17. The van der Waals surface area contributed by atoms with Gasteiger partial charge in [-0.05, 0) is 75.5 Å². The number of hydrogen-bond donors (Lipinski definition) is 1. The molecule has 9 nitrogen and oxygen atoms in total. The highest BCUT2D eigenvalue weighted by atomic mass is 32.1. The first-order valence-corrected chi connectivity index (χ1v) is 19.0. The van der Waals surface area contributed by atoms with Gasteiger partial charge in [0.1, 0.15) is 29.5 Å². The first-order chi connectivity index (χ1) is 21.0. The topological polar surface area (TPSA) is 98.7 Å². The van der Waals surface area contributed by atoms with Gasteiger partial charge in [-0.2, -0.15) is 5.10 Å². The van der Waals surface area contributed by atoms with E-state index in [9.17, 15) is 14.0 Å². The van der Waals surface area contributed by atoms with Crippen LogP contribution in [0.3, 0.4) is 0 Å². The smallest absolute Gasteiger partial charge is 0.410 e. The second-order valence-electron chi connectivity index (χ2n) is 14.0. The van der Waals surface area contributed by atoms with Gasteiger partial charge in [0.2, 0.25) is 0 Å². The van der Waals surface area contributed by atoms with Crippen LogP contribution in [0.25, 0.3) is 32.6 Å². The van der Waals surface area contributed by atoms with Gasteiger partial charge >= 0.3 is 6.09 Å². The number of benzene rings is 1. The first kappa shape index (κ1) is 32.9. The molecule has 0 radical (unpaired) electrons. The fourth-order valence-corrected chi connectivity index (χ4v) is 7.15. The third-order valence-electron chi connectivity index (χ3n) is 8.59. The van der Waals surface area contributed by atoms with E-state index in [-0.39, 0.29) is 29.3 Å². The van der Waals surface area contributed by atoms with Gasteiger partial charge in [-0.1, -0.05) is 20.8 Å². The van der Waals surface area contributed by atoms with Crippen molar-refractivity contribution in [1.82, 2.24) is 19.7 Å². The fraction of sp³-hybridized carbons (Fsp3) is 0.485. The Kier molecular flexibility index (Phi) is 8.80. The number of aromatic nitrogens is 3. The molecule has 3 aromatic heterocycles. The third kappa shape index (κ3) is 6.73. The van der Waals surface area contributed by atoms with Gasteiger partial charge in [0.15, 0.2) is 8.32 Å². The number of H-pyrrole nitrogens is 1. The lowest BCUT2D eigenvalue weighted by Crippen LogP contribution is -2.43. The van der Waals surface area contributed by atoms with E-state index < -0.39 is 19.7 Å². The lowest BCUT2D eigenvalue weighted by molar-refractivity contribution is 0.0120. The van der Waals surface area contributed by atoms with E-state index in [4.69, 9.17) is 19.0 Å². The van der Waals surface area contributed by atoms with Gasteiger partial charge < -0.3 is 18.9 Å². The van der Waals surface area contributed by atoms with Crippen LogP contribution in [-0.2, 0) is 15.7 Å². The zero-order valence-electron chi connectivity index (χ0n) is 27.5. The summed E-state index contributed by atoms with van der Waals surface area (Å²) in [5.41, 5.74) is 2.34. The zero-order chi connectivity index (χ0) is 32.9. The van der Waals surface area contributed by atoms with Crippen LogP contribution in [0, 0.1) is 5.82 Å². The van der Waals surface area contributed by atoms with Gasteiger partial charge in [-0.15, -0.1) is 11.3 Å². The molecule has 0 fully saturated rings. The maximum atomic E-state index is 14.6. The molecule has 0 saturated heterocycles. The SMILES string of the molecule is C[C@@H]1c2cc(-c3[nH]c(=O)c4ccsc4c3-c3ccc(F)cc3OCCO[Si](C)(C)C(C)(C)C)nn2CCN1C(=O)OC(C)(C)C. The Bertz CT molecular complexity index is 1780. The summed E-state index contributed by atoms with van der Waals surface area (Å²) in [7, 11) is -1.99. The number of thiophene rings is 1. The number of nitrogens with zero attached hydrogens (tertiary/aromatic N) is 3. The minimum absolute atomic E-state index is 0.0533. The van der Waals surface area contributed by atoms with Crippen molar-refractivity contribution in [2.24, 2.45) is 0 Å². The van der Waals surface area contributed by atoms with Crippen molar-refractivity contribution >= 4 is 35.8 Å². The highest BCUT2D eigenvalue weighted by Gasteiger charge is 2.37. The Hall–Kier alpha value is -3.48. The number of rotatable bonds is 7. The van der Waals surface area contributed by atoms with Gasteiger partial charge in [-0.3, -0.25) is 14.4 Å². The number of carbonyl (C=O) groups is 1. The lowest BCUT2D eigenvalue weighted by atomic mass is 9.99. The second-order valence-corrected chi connectivity index (χ2v) is 19.7. The number of aromatic amines is 1. The summed E-state index contributed by atoms with van der Waals surface area (Å²) in [6.45, 7) is 19.9. The molecule has 242 valence electrons. The molecule has 1 aliphatic heterocycles. The van der Waals surface area contributed by atoms with Gasteiger partial charge in [0, 0.05) is 28.4 Å². The average molecular weight is 655 g/mol. The maximum absolute atomic E-state index is 14.6. The van der Waals surface area contributed by atoms with Gasteiger partial charge in [0.25, 0.3) is 5.56 Å². The molecule has 0 unspecified atom stereocenters. The van der Waals surface area contributed by atoms with E-state index >= 15 is 0 Å². The molecule has 1 amide bonds. The normalized spacial score (nSPS) is 15.8. The Morgan fingerprint density at radius 3 is 2.53 bits per heavy atom. The van der Waals surface area contributed by atoms with Crippen LogP contribution in [-0.4, -0.2) is 59.4 Å². The van der Waals surface area contributed by atoms with Gasteiger partial charge in [-0.25, -0.2) is 9.18 Å². The lowest BCUT2D eigenvalue weighted by Gasteiger charge is -2.36. The Morgan fingerprint density at radius 1 is 1.11 bits per heavy atom. The van der Waals surface area contributed by atoms with Crippen molar-refractivity contribution in [1.29, 1.82) is 0 Å². The van der Waals surface area contributed by atoms with E-state index in [1.54, 1.807) is 17.0 Å². The van der Waals surface area contributed by atoms with E-state index in [2.05, 4.69) is 38.8 Å². The summed E-state index contributed by atoms with van der Waals surface area (Å²) in [6.07, 6.45) is -0.385. The minimum Gasteiger partial charge on any atom is -0.490 e. The summed E-state index contributed by atoms with van der Waals surface area (Å²) in [5, 5.41) is 7.32. The molecule has 1 aromatic carbocycles. The van der Waals surface area contributed by atoms with Crippen molar-refractivity contribution in [3.8, 4) is 28.3 Å². The first-order valence-electron chi connectivity index (χ1n) is 15.2. The molecule has 0 bridgehead atoms. The summed E-state index contributed by atoms with van der Waals surface area (Å²) in [6, 6.07) is 7.81. The van der Waals surface area contributed by atoms with Crippen LogP contribution in [0.2, 0.25) is 18.1 Å². The van der Waals surface area contributed by atoms with Crippen LogP contribution >= 0.6 is 11.3 Å². The van der Waals surface area contributed by atoms with Crippen LogP contribution in [0.1, 0.15) is 60.2 Å². The van der Waals surface area contributed by atoms with Crippen LogP contribution in [0.5, 0.6) is 5.75 Å². The molecule has 0 spiro atoms. The molecule has 0 aliphatic carbocycles. The Morgan fingerprint density at radius 2 is 1.84 bits per heavy atom. The molecule has 1 atom stereocenters. The molecular weight excluding hydrogens is 612 g/mol. The summed E-state index contributed by atoms with van der Waals surface area (Å²) < 4.78 is 35.4. The van der Waals surface area contributed by atoms with Crippen molar-refractivity contribution in [3.63, 3.8) is 0 Å². The average Bonchev–Trinajstić information content (AvgIpc) is 3.59. The number of amides is 1. The van der Waals surface area contributed by atoms with E-state index in [1.807, 2.05) is 43.8 Å². The van der Waals surface area contributed by atoms with E-state index in [0.717, 1.165) is 10.4 Å². The standard InChI is InChI=1S/C33H43FN4O5SSi/c1-20-25-19-24(36-38(25)14-13-37(20)31(40)43-32(2,3)4)28-27(29-23(12-17-44-29)30(39)35-28)22-11-10-21(34)18-26(22)41-15-16-42-45(8,9)33(5,6)7/h10-12,17-20H,13-16H2,1-9H3,(H,35,39)/t20-/m1/s1. The predicted octanol–water partition coefficient (Wildman–Crippen LogP) is 7.97. The summed E-state index contributed by atoms with van der Waals surface area (Å²) in [4.78, 5) is 31.0. The maximum Gasteiger partial charge on any atom is 0.410 e. The van der Waals surface area contributed by atoms with Gasteiger partial charge in [0.05, 0.1) is 36.0 Å². The van der Waals surface area contributed by atoms with Crippen molar-refractivity contribution in [2.75, 3.05) is 19.8 Å². The van der Waals surface area contributed by atoms with Crippen LogP contribution in [0.15, 0.2) is 40.5 Å². The van der Waals surface area contributed by atoms with Crippen LogP contribution < -0.4 is 10.3 Å². The van der Waals surface area contributed by atoms with Crippen LogP contribution in [0.4, 0.5) is 9.18 Å². The predicted molar refractivity (Wildman–Crippen MR) is 179 cm³/mol. The zero-order valence-corrected chi connectivity index (χ0v) is 29.4. The largest absolute Gasteiger partial charge is 0.490 e. The number of halogens is 1. The monoisotopic (exact) mass is 654 g/mol. The number of pyridine rings is 1. The number of fused-ring (bicyclic) bond motifs is 2. The highest BCUT2D eigenvalue weighted by Crippen LogP contribution is 2.43. The molecule has 12 heteroatoms. The number of hydrogen-bond acceptors (Lipinski definition) is 7. The number of ether oxygens (including phenoxy) is 2. The minimum atomic E-state index is -1.99. The number of carbonyl (C=O) groups excluding carboxylic acids is 1. The van der Waals surface area contributed by atoms with Crippen molar-refractivity contribution in [2.45, 2.75) is 84.8 Å². The Balaban J connectivity index is 1.54. The van der Waals surface area contributed by atoms with Crippen molar-refractivity contribution < 1.29 is 23.1 Å². The number of nitrogens with one attached hydrogen (secondary N) is 1. The molecule has 1 aliphatic rings. The Labute approximate surface area is 268 Å². The summed E-state index contributed by atoms with van der Waals surface area (Å²) in [5.74, 6) is -0.0775. The molecular formula is C33H43FN4O5SSi. The molecule has 1 N–H and O–H groups in total. The second kappa shape index (κ2) is 12.0.